The van der Waals surface area contributed by atoms with Gasteiger partial charge in [0.15, 0.2) is 5.11 Å². The SMILES string of the molecule is CC1(C)N(C(=S)Nc2ccccc2)C1(C)C. The summed E-state index contributed by atoms with van der Waals surface area (Å²) >= 11 is 5.44. The monoisotopic (exact) mass is 234 g/mol. The molecule has 1 aliphatic heterocycles. The van der Waals surface area contributed by atoms with Gasteiger partial charge in [0, 0.05) is 5.69 Å². The minimum Gasteiger partial charge on any atom is -0.334 e. The molecule has 2 nitrogen and oxygen atoms in total. The summed E-state index contributed by atoms with van der Waals surface area (Å²) in [5.74, 6) is 0. The summed E-state index contributed by atoms with van der Waals surface area (Å²) in [7, 11) is 0. The molecule has 1 aromatic carbocycles. The first-order chi connectivity index (χ1) is 7.37. The Kier molecular flexibility index (Phi) is 2.46. The zero-order chi connectivity index (χ0) is 12.0. The molecule has 0 saturated carbocycles. The molecule has 2 rings (SSSR count). The van der Waals surface area contributed by atoms with Crippen LogP contribution >= 0.6 is 12.2 Å². The Hall–Kier alpha value is -1.09. The number of thiocarbonyl (C=S) groups is 1. The average Bonchev–Trinajstić information content (AvgIpc) is 2.58. The van der Waals surface area contributed by atoms with Gasteiger partial charge in [0.05, 0.1) is 11.1 Å². The molecule has 1 N–H and O–H groups in total. The molecule has 0 bridgehead atoms. The van der Waals surface area contributed by atoms with Gasteiger partial charge in [0.1, 0.15) is 0 Å². The van der Waals surface area contributed by atoms with Crippen molar-refractivity contribution in [3.05, 3.63) is 30.3 Å². The molecule has 0 amide bonds. The Morgan fingerprint density at radius 2 is 1.56 bits per heavy atom. The van der Waals surface area contributed by atoms with Gasteiger partial charge in [-0.1, -0.05) is 18.2 Å². The van der Waals surface area contributed by atoms with E-state index in [1.54, 1.807) is 0 Å². The molecule has 1 fully saturated rings. The standard InChI is InChI=1S/C13H18N2S/c1-12(2)13(3,4)15(12)11(16)14-10-8-6-5-7-9-10/h5-9H,1-4H3,(H,14,16). The van der Waals surface area contributed by atoms with Crippen molar-refractivity contribution in [2.75, 3.05) is 5.32 Å². The van der Waals surface area contributed by atoms with Gasteiger partial charge in [0.2, 0.25) is 0 Å². The van der Waals surface area contributed by atoms with Crippen LogP contribution in [-0.2, 0) is 0 Å². The van der Waals surface area contributed by atoms with Crippen LogP contribution in [0.2, 0.25) is 0 Å². The molecule has 0 aromatic heterocycles. The largest absolute Gasteiger partial charge is 0.334 e. The lowest BCUT2D eigenvalue weighted by Gasteiger charge is -2.13. The van der Waals surface area contributed by atoms with Gasteiger partial charge >= 0.3 is 0 Å². The average molecular weight is 234 g/mol. The number of rotatable bonds is 1. The van der Waals surface area contributed by atoms with E-state index in [1.807, 2.05) is 30.3 Å². The molecular weight excluding hydrogens is 216 g/mol. The van der Waals surface area contributed by atoms with Gasteiger partial charge in [0.25, 0.3) is 0 Å². The van der Waals surface area contributed by atoms with E-state index in [1.165, 1.54) is 0 Å². The molecule has 3 heteroatoms. The second-order valence-corrected chi connectivity index (χ2v) is 5.64. The summed E-state index contributed by atoms with van der Waals surface area (Å²) in [6, 6.07) is 10.1. The fraction of sp³-hybridized carbons (Fsp3) is 0.462. The number of hydrogen-bond donors (Lipinski definition) is 1. The lowest BCUT2D eigenvalue weighted by molar-refractivity contribution is 0.611. The van der Waals surface area contributed by atoms with Crippen LogP contribution in [-0.4, -0.2) is 21.1 Å². The molecule has 86 valence electrons. The molecule has 16 heavy (non-hydrogen) atoms. The predicted molar refractivity (Wildman–Crippen MR) is 72.7 cm³/mol. The van der Waals surface area contributed by atoms with Gasteiger partial charge in [-0.15, -0.1) is 0 Å². The zero-order valence-corrected chi connectivity index (χ0v) is 11.1. The Bertz CT molecular complexity index is 395. The second kappa shape index (κ2) is 3.45. The van der Waals surface area contributed by atoms with Crippen molar-refractivity contribution in [3.63, 3.8) is 0 Å². The topological polar surface area (TPSA) is 15.0 Å². The number of nitrogens with one attached hydrogen (secondary N) is 1. The van der Waals surface area contributed by atoms with Crippen LogP contribution < -0.4 is 5.32 Å². The third-order valence-electron chi connectivity index (χ3n) is 3.79. The Balaban J connectivity index is 2.07. The van der Waals surface area contributed by atoms with E-state index in [0.717, 1.165) is 10.8 Å². The van der Waals surface area contributed by atoms with Crippen LogP contribution in [0.5, 0.6) is 0 Å². The van der Waals surface area contributed by atoms with E-state index in [4.69, 9.17) is 12.2 Å². The van der Waals surface area contributed by atoms with E-state index in [9.17, 15) is 0 Å². The van der Waals surface area contributed by atoms with Crippen LogP contribution in [0.3, 0.4) is 0 Å². The van der Waals surface area contributed by atoms with Crippen LogP contribution in [0, 0.1) is 0 Å². The van der Waals surface area contributed by atoms with Crippen molar-refractivity contribution >= 4 is 23.0 Å². The Labute approximate surface area is 103 Å². The first-order valence-corrected chi connectivity index (χ1v) is 5.94. The molecule has 1 aliphatic rings. The summed E-state index contributed by atoms with van der Waals surface area (Å²) in [6.07, 6.45) is 0. The first kappa shape index (κ1) is 11.4. The summed E-state index contributed by atoms with van der Waals surface area (Å²) in [5.41, 5.74) is 1.34. The summed E-state index contributed by atoms with van der Waals surface area (Å²) in [4.78, 5) is 2.24. The van der Waals surface area contributed by atoms with Crippen molar-refractivity contribution in [1.82, 2.24) is 4.90 Å². The quantitative estimate of drug-likeness (QED) is 0.593. The maximum atomic E-state index is 5.44. The van der Waals surface area contributed by atoms with Crippen LogP contribution in [0.25, 0.3) is 0 Å². The zero-order valence-electron chi connectivity index (χ0n) is 10.2. The fourth-order valence-corrected chi connectivity index (χ4v) is 2.70. The molecule has 1 heterocycles. The lowest BCUT2D eigenvalue weighted by Crippen LogP contribution is -2.24. The van der Waals surface area contributed by atoms with E-state index >= 15 is 0 Å². The summed E-state index contributed by atoms with van der Waals surface area (Å²) in [5, 5.41) is 4.08. The molecule has 0 atom stereocenters. The number of hydrogen-bond acceptors (Lipinski definition) is 1. The van der Waals surface area contributed by atoms with E-state index < -0.39 is 0 Å². The summed E-state index contributed by atoms with van der Waals surface area (Å²) < 4.78 is 0. The third-order valence-corrected chi connectivity index (χ3v) is 4.08. The summed E-state index contributed by atoms with van der Waals surface area (Å²) in [6.45, 7) is 8.86. The first-order valence-electron chi connectivity index (χ1n) is 5.54. The molecule has 0 radical (unpaired) electrons. The molecule has 1 aromatic rings. The van der Waals surface area contributed by atoms with E-state index in [2.05, 4.69) is 37.9 Å². The third kappa shape index (κ3) is 1.59. The molecule has 0 unspecified atom stereocenters. The van der Waals surface area contributed by atoms with Gasteiger partial charge in [-0.05, 0) is 52.0 Å². The van der Waals surface area contributed by atoms with Crippen molar-refractivity contribution in [2.24, 2.45) is 0 Å². The normalized spacial score (nSPS) is 20.4. The highest BCUT2D eigenvalue weighted by Crippen LogP contribution is 2.51. The van der Waals surface area contributed by atoms with Gasteiger partial charge in [-0.25, -0.2) is 0 Å². The molecule has 1 saturated heterocycles. The molecule has 0 aliphatic carbocycles. The minimum absolute atomic E-state index is 0.145. The minimum atomic E-state index is 0.145. The molecular formula is C13H18N2S. The number of benzene rings is 1. The number of anilines is 1. The fourth-order valence-electron chi connectivity index (χ4n) is 2.13. The van der Waals surface area contributed by atoms with Gasteiger partial charge in [-0.2, -0.15) is 0 Å². The van der Waals surface area contributed by atoms with Gasteiger partial charge < -0.3 is 10.2 Å². The Morgan fingerprint density at radius 3 is 2.00 bits per heavy atom. The van der Waals surface area contributed by atoms with Crippen LogP contribution in [0.4, 0.5) is 5.69 Å². The maximum absolute atomic E-state index is 5.44. The van der Waals surface area contributed by atoms with Crippen molar-refractivity contribution in [2.45, 2.75) is 38.8 Å². The highest BCUT2D eigenvalue weighted by molar-refractivity contribution is 7.80. The van der Waals surface area contributed by atoms with Gasteiger partial charge in [-0.3, -0.25) is 0 Å². The highest BCUT2D eigenvalue weighted by atomic mass is 32.1. The number of para-hydroxylation sites is 1. The van der Waals surface area contributed by atoms with E-state index in [0.29, 0.717) is 0 Å². The van der Waals surface area contributed by atoms with E-state index in [-0.39, 0.29) is 11.1 Å². The van der Waals surface area contributed by atoms with Crippen molar-refractivity contribution < 1.29 is 0 Å². The maximum Gasteiger partial charge on any atom is 0.174 e. The highest BCUT2D eigenvalue weighted by Gasteiger charge is 2.64. The molecule has 0 spiro atoms. The van der Waals surface area contributed by atoms with Crippen LogP contribution in [0.15, 0.2) is 30.3 Å². The number of nitrogens with zero attached hydrogens (tertiary/aromatic N) is 1. The predicted octanol–water partition coefficient (Wildman–Crippen LogP) is 3.26. The van der Waals surface area contributed by atoms with Crippen molar-refractivity contribution in [3.8, 4) is 0 Å². The Morgan fingerprint density at radius 1 is 1.06 bits per heavy atom. The lowest BCUT2D eigenvalue weighted by atomic mass is 10.0. The van der Waals surface area contributed by atoms with Crippen molar-refractivity contribution in [1.29, 1.82) is 0 Å². The second-order valence-electron chi connectivity index (χ2n) is 5.25. The smallest absolute Gasteiger partial charge is 0.174 e. The van der Waals surface area contributed by atoms with Crippen LogP contribution in [0.1, 0.15) is 27.7 Å².